The second kappa shape index (κ2) is 9.54. The van der Waals surface area contributed by atoms with E-state index in [1.807, 2.05) is 73.9 Å². The van der Waals surface area contributed by atoms with E-state index < -0.39 is 0 Å². The molecular weight excluding hydrogens is 448 g/mol. The Morgan fingerprint density at radius 1 is 1.12 bits per heavy atom. The van der Waals surface area contributed by atoms with E-state index in [1.54, 1.807) is 0 Å². The Morgan fingerprint density at radius 3 is 2.59 bits per heavy atom. The third-order valence-electron chi connectivity index (χ3n) is 4.51. The average Bonchev–Trinajstić information content (AvgIpc) is 3.40. The lowest BCUT2D eigenvalue weighted by Crippen LogP contribution is -2.15. The smallest absolute Gasteiger partial charge is 0.322 e. The summed E-state index contributed by atoms with van der Waals surface area (Å²) in [7, 11) is 0. The highest BCUT2D eigenvalue weighted by atomic mass is 35.5. The molecule has 0 aliphatic rings. The number of halogens is 1. The van der Waals surface area contributed by atoms with Crippen molar-refractivity contribution in [1.29, 1.82) is 0 Å². The number of hydrogen-bond acceptors (Lipinski definition) is 7. The van der Waals surface area contributed by atoms with E-state index in [1.165, 1.54) is 11.8 Å². The van der Waals surface area contributed by atoms with Gasteiger partial charge in [-0.2, -0.15) is 0 Å². The highest BCUT2D eigenvalue weighted by Gasteiger charge is 2.18. The molecule has 0 spiro atoms. The number of nitrogens with one attached hydrogen (secondary N) is 1. The van der Waals surface area contributed by atoms with E-state index in [4.69, 9.17) is 16.0 Å². The molecule has 2 heterocycles. The fourth-order valence-corrected chi connectivity index (χ4v) is 3.83. The maximum atomic E-state index is 12.4. The highest BCUT2D eigenvalue weighted by molar-refractivity contribution is 7.99. The lowest BCUT2D eigenvalue weighted by molar-refractivity contribution is -0.113. The van der Waals surface area contributed by atoms with Gasteiger partial charge in [-0.15, -0.1) is 15.3 Å². The SMILES string of the molecule is Cc1cccc(-n2c(SCC(=O)Nc3nnc(C(C)C)o3)nnc2-c2ccc(Cl)cc2)c1. The van der Waals surface area contributed by atoms with Crippen LogP contribution in [0.15, 0.2) is 58.1 Å². The van der Waals surface area contributed by atoms with Gasteiger partial charge in [-0.05, 0) is 48.9 Å². The number of amides is 1. The van der Waals surface area contributed by atoms with E-state index in [2.05, 4.69) is 25.7 Å². The van der Waals surface area contributed by atoms with Gasteiger partial charge in [0.1, 0.15) is 0 Å². The Hall–Kier alpha value is -3.17. The van der Waals surface area contributed by atoms with Crippen LogP contribution in [0.2, 0.25) is 5.02 Å². The molecule has 10 heteroatoms. The summed E-state index contributed by atoms with van der Waals surface area (Å²) < 4.78 is 7.37. The predicted molar refractivity (Wildman–Crippen MR) is 124 cm³/mol. The van der Waals surface area contributed by atoms with E-state index in [0.29, 0.717) is 21.9 Å². The summed E-state index contributed by atoms with van der Waals surface area (Å²) in [4.78, 5) is 12.4. The molecule has 2 aromatic carbocycles. The molecule has 0 saturated carbocycles. The van der Waals surface area contributed by atoms with Gasteiger partial charge in [0.15, 0.2) is 11.0 Å². The summed E-state index contributed by atoms with van der Waals surface area (Å²) in [5.74, 6) is 1.04. The molecule has 0 bridgehead atoms. The number of rotatable bonds is 7. The molecule has 8 nitrogen and oxygen atoms in total. The minimum absolute atomic E-state index is 0.0845. The summed E-state index contributed by atoms with van der Waals surface area (Å²) in [6.45, 7) is 5.89. The molecule has 0 unspecified atom stereocenters. The fourth-order valence-electron chi connectivity index (χ4n) is 2.95. The van der Waals surface area contributed by atoms with Crippen LogP contribution in [0.1, 0.15) is 31.2 Å². The molecule has 0 radical (unpaired) electrons. The van der Waals surface area contributed by atoms with Gasteiger partial charge >= 0.3 is 6.01 Å². The van der Waals surface area contributed by atoms with Gasteiger partial charge in [0, 0.05) is 22.2 Å². The Labute approximate surface area is 194 Å². The van der Waals surface area contributed by atoms with E-state index >= 15 is 0 Å². The van der Waals surface area contributed by atoms with Crippen molar-refractivity contribution >= 4 is 35.3 Å². The van der Waals surface area contributed by atoms with Crippen LogP contribution in [0.4, 0.5) is 6.01 Å². The van der Waals surface area contributed by atoms with Crippen molar-refractivity contribution in [1.82, 2.24) is 25.0 Å². The first kappa shape index (κ1) is 22.0. The second-order valence-corrected chi connectivity index (χ2v) is 8.80. The maximum Gasteiger partial charge on any atom is 0.322 e. The molecular formula is C22H21ClN6O2S. The van der Waals surface area contributed by atoms with Crippen molar-refractivity contribution in [2.24, 2.45) is 0 Å². The summed E-state index contributed by atoms with van der Waals surface area (Å²) in [5.41, 5.74) is 2.87. The zero-order valence-corrected chi connectivity index (χ0v) is 19.3. The van der Waals surface area contributed by atoms with Crippen LogP contribution in [-0.4, -0.2) is 36.6 Å². The van der Waals surface area contributed by atoms with Crippen LogP contribution in [0.3, 0.4) is 0 Å². The minimum atomic E-state index is -0.277. The molecule has 0 saturated heterocycles. The summed E-state index contributed by atoms with van der Waals surface area (Å²) >= 11 is 7.31. The number of benzene rings is 2. The average molecular weight is 469 g/mol. The number of carbonyl (C=O) groups is 1. The number of carbonyl (C=O) groups excluding carboxylic acids is 1. The first-order chi connectivity index (χ1) is 15.4. The van der Waals surface area contributed by atoms with Gasteiger partial charge in [-0.25, -0.2) is 0 Å². The Morgan fingerprint density at radius 2 is 1.91 bits per heavy atom. The Kier molecular flexibility index (Phi) is 6.57. The van der Waals surface area contributed by atoms with Gasteiger partial charge in [0.2, 0.25) is 11.8 Å². The molecule has 0 aliphatic carbocycles. The zero-order valence-electron chi connectivity index (χ0n) is 17.7. The minimum Gasteiger partial charge on any atom is -0.408 e. The van der Waals surface area contributed by atoms with Crippen LogP contribution in [0.25, 0.3) is 17.1 Å². The van der Waals surface area contributed by atoms with Crippen LogP contribution in [0, 0.1) is 6.92 Å². The second-order valence-electron chi connectivity index (χ2n) is 7.42. The number of hydrogen-bond donors (Lipinski definition) is 1. The van der Waals surface area contributed by atoms with Crippen molar-refractivity contribution in [3.05, 3.63) is 65.0 Å². The quantitative estimate of drug-likeness (QED) is 0.375. The number of aromatic nitrogens is 5. The van der Waals surface area contributed by atoms with Crippen molar-refractivity contribution in [2.45, 2.75) is 31.8 Å². The summed E-state index contributed by atoms with van der Waals surface area (Å²) in [6, 6.07) is 15.5. The van der Waals surface area contributed by atoms with E-state index in [0.717, 1.165) is 16.8 Å². The van der Waals surface area contributed by atoms with Crippen LogP contribution >= 0.6 is 23.4 Å². The molecule has 0 atom stereocenters. The summed E-state index contributed by atoms with van der Waals surface area (Å²) in [6.07, 6.45) is 0. The number of nitrogens with zero attached hydrogens (tertiary/aromatic N) is 5. The van der Waals surface area contributed by atoms with Crippen molar-refractivity contribution in [3.8, 4) is 17.1 Å². The van der Waals surface area contributed by atoms with Crippen LogP contribution in [-0.2, 0) is 4.79 Å². The van der Waals surface area contributed by atoms with Gasteiger partial charge in [0.05, 0.1) is 5.75 Å². The monoisotopic (exact) mass is 468 g/mol. The zero-order chi connectivity index (χ0) is 22.7. The first-order valence-corrected chi connectivity index (χ1v) is 11.3. The van der Waals surface area contributed by atoms with Gasteiger partial charge in [-0.3, -0.25) is 14.7 Å². The lowest BCUT2D eigenvalue weighted by atomic mass is 10.2. The summed E-state index contributed by atoms with van der Waals surface area (Å²) in [5, 5.41) is 20.4. The largest absolute Gasteiger partial charge is 0.408 e. The molecule has 0 fully saturated rings. The maximum absolute atomic E-state index is 12.4. The van der Waals surface area contributed by atoms with Gasteiger partial charge in [0.25, 0.3) is 0 Å². The first-order valence-electron chi connectivity index (χ1n) is 9.95. The topological polar surface area (TPSA) is 98.7 Å². The highest BCUT2D eigenvalue weighted by Crippen LogP contribution is 2.29. The third-order valence-corrected chi connectivity index (χ3v) is 5.69. The number of thioether (sulfide) groups is 1. The number of anilines is 1. The Bertz CT molecular complexity index is 1240. The fraction of sp³-hybridized carbons (Fsp3) is 0.227. The lowest BCUT2D eigenvalue weighted by Gasteiger charge is -2.11. The van der Waals surface area contributed by atoms with Crippen molar-refractivity contribution in [2.75, 3.05) is 11.1 Å². The Balaban J connectivity index is 1.57. The van der Waals surface area contributed by atoms with Crippen molar-refractivity contribution < 1.29 is 9.21 Å². The predicted octanol–water partition coefficient (Wildman–Crippen LogP) is 5.13. The molecule has 1 N–H and O–H groups in total. The molecule has 0 aliphatic heterocycles. The molecule has 4 rings (SSSR count). The third kappa shape index (κ3) is 5.00. The van der Waals surface area contributed by atoms with Crippen LogP contribution in [0.5, 0.6) is 0 Å². The molecule has 164 valence electrons. The van der Waals surface area contributed by atoms with Gasteiger partial charge in [-0.1, -0.05) is 54.4 Å². The standard InChI is InChI=1S/C22H21ClN6O2S/c1-13(2)20-26-27-21(31-20)24-18(30)12-32-22-28-25-19(15-7-9-16(23)10-8-15)29(22)17-6-4-5-14(3)11-17/h4-11,13H,12H2,1-3H3,(H,24,27,30). The number of aryl methyl sites for hydroxylation is 1. The van der Waals surface area contributed by atoms with E-state index in [9.17, 15) is 4.79 Å². The molecule has 4 aromatic rings. The molecule has 2 aromatic heterocycles. The normalized spacial score (nSPS) is 11.2. The molecule has 1 amide bonds. The van der Waals surface area contributed by atoms with Crippen molar-refractivity contribution in [3.63, 3.8) is 0 Å². The van der Waals surface area contributed by atoms with Crippen LogP contribution < -0.4 is 5.32 Å². The van der Waals surface area contributed by atoms with Gasteiger partial charge < -0.3 is 4.42 Å². The van der Waals surface area contributed by atoms with E-state index in [-0.39, 0.29) is 23.6 Å². The molecule has 32 heavy (non-hydrogen) atoms.